The van der Waals surface area contributed by atoms with Gasteiger partial charge in [0.2, 0.25) is 11.8 Å². The summed E-state index contributed by atoms with van der Waals surface area (Å²) in [7, 11) is 0. The van der Waals surface area contributed by atoms with Crippen LogP contribution in [0, 0.1) is 6.92 Å². The average molecular weight is 443 g/mol. The summed E-state index contributed by atoms with van der Waals surface area (Å²) in [6.07, 6.45) is 0.862. The number of nitrogens with one attached hydrogen (secondary N) is 1. The van der Waals surface area contributed by atoms with E-state index in [9.17, 15) is 9.59 Å². The molecule has 33 heavy (non-hydrogen) atoms. The maximum Gasteiger partial charge on any atom is 0.242 e. The number of carbonyl (C=O) groups excluding carboxylic acids is 2. The van der Waals surface area contributed by atoms with Crippen LogP contribution in [0.1, 0.15) is 54.9 Å². The highest BCUT2D eigenvalue weighted by Gasteiger charge is 2.30. The van der Waals surface area contributed by atoms with Gasteiger partial charge in [-0.15, -0.1) is 0 Å². The minimum Gasteiger partial charge on any atom is -0.355 e. The van der Waals surface area contributed by atoms with Crippen LogP contribution in [0.4, 0.5) is 0 Å². The van der Waals surface area contributed by atoms with Gasteiger partial charge in [0, 0.05) is 25.4 Å². The molecule has 0 bridgehead atoms. The molecule has 3 aromatic rings. The molecule has 172 valence electrons. The van der Waals surface area contributed by atoms with E-state index in [1.54, 1.807) is 4.90 Å². The standard InChI is InChI=1S/C29H34N2O2/c1-4-27(29(33)30-5-2)31(21-23-14-12-13-22(3)19-23)28(32)20-26(24-15-8-6-9-16-24)25-17-10-7-11-18-25/h6-19,26-27H,4-5,20-21H2,1-3H3,(H,30,33)/t27-/m0/s1. The molecule has 2 amide bonds. The summed E-state index contributed by atoms with van der Waals surface area (Å²) in [5, 5.41) is 2.91. The van der Waals surface area contributed by atoms with Crippen molar-refractivity contribution in [3.8, 4) is 0 Å². The number of carbonyl (C=O) groups is 2. The van der Waals surface area contributed by atoms with Crippen LogP contribution >= 0.6 is 0 Å². The number of hydrogen-bond acceptors (Lipinski definition) is 2. The smallest absolute Gasteiger partial charge is 0.242 e. The fourth-order valence-corrected chi connectivity index (χ4v) is 4.31. The molecule has 1 N–H and O–H groups in total. The van der Waals surface area contributed by atoms with Crippen LogP contribution in [0.25, 0.3) is 0 Å². The SMILES string of the molecule is CCNC(=O)[C@H](CC)N(Cc1cccc(C)c1)C(=O)CC(c1ccccc1)c1ccccc1. The highest BCUT2D eigenvalue weighted by Crippen LogP contribution is 2.29. The normalized spacial score (nSPS) is 11.8. The molecule has 4 heteroatoms. The Balaban J connectivity index is 1.95. The van der Waals surface area contributed by atoms with Gasteiger partial charge >= 0.3 is 0 Å². The molecule has 1 atom stereocenters. The number of amides is 2. The third kappa shape index (κ3) is 6.55. The molecule has 0 aliphatic heterocycles. The summed E-state index contributed by atoms with van der Waals surface area (Å²) >= 11 is 0. The second kappa shape index (κ2) is 12.0. The topological polar surface area (TPSA) is 49.4 Å². The molecule has 0 aliphatic rings. The lowest BCUT2D eigenvalue weighted by atomic mass is 9.88. The number of rotatable bonds is 10. The Morgan fingerprint density at radius 1 is 0.848 bits per heavy atom. The Bertz CT molecular complexity index is 994. The Hall–Kier alpha value is -3.40. The zero-order chi connectivity index (χ0) is 23.6. The first-order chi connectivity index (χ1) is 16.0. The van der Waals surface area contributed by atoms with Gasteiger partial charge in [-0.1, -0.05) is 97.4 Å². The average Bonchev–Trinajstić information content (AvgIpc) is 2.83. The van der Waals surface area contributed by atoms with Crippen molar-refractivity contribution >= 4 is 11.8 Å². The van der Waals surface area contributed by atoms with Gasteiger partial charge in [0.1, 0.15) is 6.04 Å². The van der Waals surface area contributed by atoms with Crippen LogP contribution < -0.4 is 5.32 Å². The number of hydrogen-bond donors (Lipinski definition) is 1. The van der Waals surface area contributed by atoms with Crippen LogP contribution in [0.15, 0.2) is 84.9 Å². The van der Waals surface area contributed by atoms with Gasteiger partial charge in [0.15, 0.2) is 0 Å². The number of aryl methyl sites for hydroxylation is 1. The largest absolute Gasteiger partial charge is 0.355 e. The van der Waals surface area contributed by atoms with E-state index in [1.807, 2.05) is 75.4 Å². The number of nitrogens with zero attached hydrogens (tertiary/aromatic N) is 1. The lowest BCUT2D eigenvalue weighted by molar-refractivity contribution is -0.141. The van der Waals surface area contributed by atoms with Gasteiger partial charge in [-0.05, 0) is 37.0 Å². The summed E-state index contributed by atoms with van der Waals surface area (Å²) in [5.74, 6) is -0.198. The molecule has 3 rings (SSSR count). The van der Waals surface area contributed by atoms with Crippen molar-refractivity contribution in [2.45, 2.75) is 52.1 Å². The van der Waals surface area contributed by atoms with E-state index in [0.717, 1.165) is 22.3 Å². The number of likely N-dealkylation sites (N-methyl/N-ethyl adjacent to an activating group) is 1. The zero-order valence-electron chi connectivity index (χ0n) is 19.8. The highest BCUT2D eigenvalue weighted by atomic mass is 16.2. The van der Waals surface area contributed by atoms with Gasteiger partial charge in [-0.3, -0.25) is 9.59 Å². The van der Waals surface area contributed by atoms with Gasteiger partial charge in [-0.2, -0.15) is 0 Å². The molecule has 0 saturated heterocycles. The Labute approximate surface area is 197 Å². The van der Waals surface area contributed by atoms with Gasteiger partial charge in [0.05, 0.1) is 0 Å². The van der Waals surface area contributed by atoms with E-state index in [4.69, 9.17) is 0 Å². The number of benzene rings is 3. The summed E-state index contributed by atoms with van der Waals surface area (Å²) in [5.41, 5.74) is 4.36. The van der Waals surface area contributed by atoms with Crippen LogP contribution in [-0.2, 0) is 16.1 Å². The molecule has 3 aromatic carbocycles. The van der Waals surface area contributed by atoms with Gasteiger partial charge in [-0.25, -0.2) is 0 Å². The molecule has 0 unspecified atom stereocenters. The second-order valence-corrected chi connectivity index (χ2v) is 8.41. The maximum atomic E-state index is 13.8. The van der Waals surface area contributed by atoms with Crippen molar-refractivity contribution in [1.82, 2.24) is 10.2 Å². The van der Waals surface area contributed by atoms with Crippen molar-refractivity contribution in [2.75, 3.05) is 6.54 Å². The van der Waals surface area contributed by atoms with E-state index in [-0.39, 0.29) is 17.7 Å². The predicted octanol–water partition coefficient (Wildman–Crippen LogP) is 5.46. The molecule has 0 radical (unpaired) electrons. The molecule has 0 aliphatic carbocycles. The first kappa shape index (κ1) is 24.2. The Morgan fingerprint density at radius 3 is 1.97 bits per heavy atom. The van der Waals surface area contributed by atoms with E-state index < -0.39 is 6.04 Å². The zero-order valence-corrected chi connectivity index (χ0v) is 19.8. The van der Waals surface area contributed by atoms with Gasteiger partial charge in [0.25, 0.3) is 0 Å². The third-order valence-corrected chi connectivity index (χ3v) is 5.95. The van der Waals surface area contributed by atoms with Crippen LogP contribution in [0.2, 0.25) is 0 Å². The maximum absolute atomic E-state index is 13.8. The quantitative estimate of drug-likeness (QED) is 0.453. The Morgan fingerprint density at radius 2 is 1.45 bits per heavy atom. The van der Waals surface area contributed by atoms with Crippen LogP contribution in [-0.4, -0.2) is 29.3 Å². The van der Waals surface area contributed by atoms with Crippen LogP contribution in [0.3, 0.4) is 0 Å². The van der Waals surface area contributed by atoms with Crippen molar-refractivity contribution in [3.05, 3.63) is 107 Å². The molecular weight excluding hydrogens is 408 g/mol. The molecular formula is C29H34N2O2. The fraction of sp³-hybridized carbons (Fsp3) is 0.310. The summed E-state index contributed by atoms with van der Waals surface area (Å²) in [6, 6.07) is 27.9. The fourth-order valence-electron chi connectivity index (χ4n) is 4.31. The summed E-state index contributed by atoms with van der Waals surface area (Å²) in [6.45, 7) is 6.85. The van der Waals surface area contributed by atoms with Crippen molar-refractivity contribution in [3.63, 3.8) is 0 Å². The van der Waals surface area contributed by atoms with E-state index in [2.05, 4.69) is 35.6 Å². The van der Waals surface area contributed by atoms with Gasteiger partial charge < -0.3 is 10.2 Å². The van der Waals surface area contributed by atoms with E-state index in [0.29, 0.717) is 25.9 Å². The summed E-state index contributed by atoms with van der Waals surface area (Å²) in [4.78, 5) is 28.5. The second-order valence-electron chi connectivity index (χ2n) is 8.41. The minimum absolute atomic E-state index is 0.0210. The minimum atomic E-state index is -0.509. The molecule has 4 nitrogen and oxygen atoms in total. The van der Waals surface area contributed by atoms with Crippen LogP contribution in [0.5, 0.6) is 0 Å². The molecule has 0 saturated carbocycles. The van der Waals surface area contributed by atoms with Crippen molar-refractivity contribution in [1.29, 1.82) is 0 Å². The summed E-state index contributed by atoms with van der Waals surface area (Å²) < 4.78 is 0. The third-order valence-electron chi connectivity index (χ3n) is 5.95. The molecule has 0 aromatic heterocycles. The predicted molar refractivity (Wildman–Crippen MR) is 134 cm³/mol. The Kier molecular flexibility index (Phi) is 8.82. The molecule has 0 fully saturated rings. The lowest BCUT2D eigenvalue weighted by Gasteiger charge is -2.32. The lowest BCUT2D eigenvalue weighted by Crippen LogP contribution is -2.49. The first-order valence-electron chi connectivity index (χ1n) is 11.8. The van der Waals surface area contributed by atoms with E-state index in [1.165, 1.54) is 0 Å². The van der Waals surface area contributed by atoms with Crippen molar-refractivity contribution < 1.29 is 9.59 Å². The monoisotopic (exact) mass is 442 g/mol. The highest BCUT2D eigenvalue weighted by molar-refractivity contribution is 5.88. The van der Waals surface area contributed by atoms with Crippen molar-refractivity contribution in [2.24, 2.45) is 0 Å². The molecule has 0 spiro atoms. The first-order valence-corrected chi connectivity index (χ1v) is 11.8. The van der Waals surface area contributed by atoms with E-state index >= 15 is 0 Å². The molecule has 0 heterocycles.